The molecule has 3 rings (SSSR count). The van der Waals surface area contributed by atoms with E-state index in [2.05, 4.69) is 9.55 Å². The summed E-state index contributed by atoms with van der Waals surface area (Å²) in [5, 5.41) is 0. The molecular formula is C12H8Cl2N2S2. The molecule has 0 fully saturated rings. The first-order valence-corrected chi connectivity index (χ1v) is 7.61. The van der Waals surface area contributed by atoms with Gasteiger partial charge in [0.15, 0.2) is 0 Å². The van der Waals surface area contributed by atoms with Crippen molar-refractivity contribution in [2.45, 2.75) is 6.04 Å². The summed E-state index contributed by atoms with van der Waals surface area (Å²) in [6.07, 6.45) is 5.54. The van der Waals surface area contributed by atoms with Crippen LogP contribution in [-0.2, 0) is 0 Å². The summed E-state index contributed by atoms with van der Waals surface area (Å²) in [6.45, 7) is 0. The van der Waals surface area contributed by atoms with Crippen LogP contribution in [0.5, 0.6) is 0 Å². The van der Waals surface area contributed by atoms with Crippen LogP contribution in [-0.4, -0.2) is 9.55 Å². The average molecular weight is 315 g/mol. The highest BCUT2D eigenvalue weighted by Crippen LogP contribution is 2.37. The van der Waals surface area contributed by atoms with Crippen LogP contribution in [0.3, 0.4) is 0 Å². The number of nitrogens with zero attached hydrogens (tertiary/aromatic N) is 2. The lowest BCUT2D eigenvalue weighted by molar-refractivity contribution is 0.700. The Morgan fingerprint density at radius 2 is 1.61 bits per heavy atom. The van der Waals surface area contributed by atoms with Crippen molar-refractivity contribution in [3.63, 3.8) is 0 Å². The molecule has 0 unspecified atom stereocenters. The molecule has 0 spiro atoms. The molecule has 2 nitrogen and oxygen atoms in total. The summed E-state index contributed by atoms with van der Waals surface area (Å²) in [6, 6.07) is 8.03. The molecule has 0 N–H and O–H groups in total. The quantitative estimate of drug-likeness (QED) is 0.668. The summed E-state index contributed by atoms with van der Waals surface area (Å²) in [5.74, 6) is 0. The molecule has 18 heavy (non-hydrogen) atoms. The highest BCUT2D eigenvalue weighted by molar-refractivity contribution is 7.17. The SMILES string of the molecule is Clc1ccc(C(c2ccc(Cl)s2)n2ccnc2)s1. The molecule has 0 saturated carbocycles. The van der Waals surface area contributed by atoms with Gasteiger partial charge in [-0.3, -0.25) is 0 Å². The van der Waals surface area contributed by atoms with E-state index in [1.807, 2.05) is 36.8 Å². The van der Waals surface area contributed by atoms with Gasteiger partial charge in [-0.15, -0.1) is 22.7 Å². The topological polar surface area (TPSA) is 17.8 Å². The Kier molecular flexibility index (Phi) is 3.43. The minimum absolute atomic E-state index is 0.0995. The van der Waals surface area contributed by atoms with Crippen LogP contribution in [0.15, 0.2) is 43.0 Å². The zero-order valence-corrected chi connectivity index (χ0v) is 12.2. The number of aromatic nitrogens is 2. The number of thiophene rings is 2. The maximum atomic E-state index is 6.03. The zero-order chi connectivity index (χ0) is 12.5. The fourth-order valence-electron chi connectivity index (χ4n) is 1.81. The first-order chi connectivity index (χ1) is 8.74. The van der Waals surface area contributed by atoms with E-state index < -0.39 is 0 Å². The number of hydrogen-bond donors (Lipinski definition) is 0. The van der Waals surface area contributed by atoms with E-state index in [9.17, 15) is 0 Å². The van der Waals surface area contributed by atoms with Gasteiger partial charge < -0.3 is 4.57 Å². The Balaban J connectivity index is 2.09. The van der Waals surface area contributed by atoms with Crippen LogP contribution < -0.4 is 0 Å². The second-order valence-corrected chi connectivity index (χ2v) is 7.19. The van der Waals surface area contributed by atoms with E-state index in [1.54, 1.807) is 28.9 Å². The molecular weight excluding hydrogens is 307 g/mol. The summed E-state index contributed by atoms with van der Waals surface area (Å²) in [5.41, 5.74) is 0. The van der Waals surface area contributed by atoms with Crippen LogP contribution in [0, 0.1) is 0 Å². The summed E-state index contributed by atoms with van der Waals surface area (Å²) in [7, 11) is 0. The lowest BCUT2D eigenvalue weighted by Crippen LogP contribution is -2.07. The second kappa shape index (κ2) is 5.05. The third kappa shape index (κ3) is 2.34. The second-order valence-electron chi connectivity index (χ2n) is 3.70. The van der Waals surface area contributed by atoms with E-state index in [1.165, 1.54) is 9.75 Å². The number of hydrogen-bond acceptors (Lipinski definition) is 3. The average Bonchev–Trinajstić information content (AvgIpc) is 3.04. The third-order valence-corrected chi connectivity index (χ3v) is 5.12. The van der Waals surface area contributed by atoms with Crippen molar-refractivity contribution in [1.82, 2.24) is 9.55 Å². The van der Waals surface area contributed by atoms with Gasteiger partial charge in [-0.2, -0.15) is 0 Å². The Bertz CT molecular complexity index is 602. The van der Waals surface area contributed by atoms with Gasteiger partial charge in [-0.05, 0) is 24.3 Å². The molecule has 92 valence electrons. The van der Waals surface area contributed by atoms with E-state index in [4.69, 9.17) is 23.2 Å². The van der Waals surface area contributed by atoms with Crippen molar-refractivity contribution in [2.75, 3.05) is 0 Å². The molecule has 3 aromatic rings. The molecule has 0 aromatic carbocycles. The van der Waals surface area contributed by atoms with Crippen LogP contribution in [0.25, 0.3) is 0 Å². The van der Waals surface area contributed by atoms with Crippen LogP contribution >= 0.6 is 45.9 Å². The molecule has 0 aliphatic carbocycles. The predicted molar refractivity (Wildman–Crippen MR) is 78.1 cm³/mol. The van der Waals surface area contributed by atoms with Crippen LogP contribution in [0.2, 0.25) is 8.67 Å². The highest BCUT2D eigenvalue weighted by Gasteiger charge is 2.19. The van der Waals surface area contributed by atoms with E-state index in [0.29, 0.717) is 0 Å². The summed E-state index contributed by atoms with van der Waals surface area (Å²) < 4.78 is 3.64. The fraction of sp³-hybridized carbons (Fsp3) is 0.0833. The Hall–Kier alpha value is -0.810. The van der Waals surface area contributed by atoms with Gasteiger partial charge in [0.25, 0.3) is 0 Å². The normalized spacial score (nSPS) is 11.3. The molecule has 3 heterocycles. The molecule has 0 bridgehead atoms. The Morgan fingerprint density at radius 3 is 2.00 bits per heavy atom. The van der Waals surface area contributed by atoms with Gasteiger partial charge in [0.05, 0.1) is 15.0 Å². The van der Waals surface area contributed by atoms with Gasteiger partial charge in [0.2, 0.25) is 0 Å². The molecule has 0 aliphatic rings. The van der Waals surface area contributed by atoms with E-state index in [-0.39, 0.29) is 6.04 Å². The van der Waals surface area contributed by atoms with Crippen molar-refractivity contribution in [2.24, 2.45) is 0 Å². The highest BCUT2D eigenvalue weighted by atomic mass is 35.5. The molecule has 3 aromatic heterocycles. The maximum absolute atomic E-state index is 6.03. The molecule has 0 aliphatic heterocycles. The standard InChI is InChI=1S/C12H8Cl2N2S2/c13-10-3-1-8(17-10)12(16-6-5-15-7-16)9-2-4-11(14)18-9/h1-7,12H. The van der Waals surface area contributed by atoms with E-state index in [0.717, 1.165) is 8.67 Å². The minimum Gasteiger partial charge on any atom is -0.324 e. The fourth-order valence-corrected chi connectivity index (χ4v) is 4.26. The first kappa shape index (κ1) is 12.2. The van der Waals surface area contributed by atoms with Crippen molar-refractivity contribution in [3.05, 3.63) is 61.4 Å². The van der Waals surface area contributed by atoms with Crippen LogP contribution in [0.1, 0.15) is 15.8 Å². The summed E-state index contributed by atoms with van der Waals surface area (Å²) in [4.78, 5) is 6.47. The lowest BCUT2D eigenvalue weighted by atomic mass is 10.2. The smallest absolute Gasteiger partial charge is 0.103 e. The Labute approximate surface area is 122 Å². The van der Waals surface area contributed by atoms with Crippen molar-refractivity contribution >= 4 is 45.9 Å². The van der Waals surface area contributed by atoms with Gasteiger partial charge in [-0.1, -0.05) is 23.2 Å². The van der Waals surface area contributed by atoms with Crippen molar-refractivity contribution < 1.29 is 0 Å². The molecule has 6 heteroatoms. The molecule has 0 saturated heterocycles. The van der Waals surface area contributed by atoms with Crippen molar-refractivity contribution in [1.29, 1.82) is 0 Å². The van der Waals surface area contributed by atoms with Crippen LogP contribution in [0.4, 0.5) is 0 Å². The lowest BCUT2D eigenvalue weighted by Gasteiger charge is -2.15. The molecule has 0 radical (unpaired) electrons. The minimum atomic E-state index is 0.0995. The van der Waals surface area contributed by atoms with Gasteiger partial charge in [0, 0.05) is 22.1 Å². The number of halogens is 2. The zero-order valence-electron chi connectivity index (χ0n) is 9.09. The summed E-state index contributed by atoms with van der Waals surface area (Å²) >= 11 is 15.2. The Morgan fingerprint density at radius 1 is 1.00 bits per heavy atom. The number of rotatable bonds is 3. The largest absolute Gasteiger partial charge is 0.324 e. The first-order valence-electron chi connectivity index (χ1n) is 5.22. The van der Waals surface area contributed by atoms with Gasteiger partial charge in [0.1, 0.15) is 6.04 Å². The van der Waals surface area contributed by atoms with Gasteiger partial charge in [-0.25, -0.2) is 4.98 Å². The third-order valence-electron chi connectivity index (χ3n) is 2.55. The number of imidazole rings is 1. The molecule has 0 amide bonds. The maximum Gasteiger partial charge on any atom is 0.103 e. The monoisotopic (exact) mass is 314 g/mol. The molecule has 0 atom stereocenters. The predicted octanol–water partition coefficient (Wildman–Crippen LogP) is 4.95. The van der Waals surface area contributed by atoms with E-state index >= 15 is 0 Å². The van der Waals surface area contributed by atoms with Gasteiger partial charge >= 0.3 is 0 Å². The van der Waals surface area contributed by atoms with Crippen molar-refractivity contribution in [3.8, 4) is 0 Å².